The average molecular weight is 373 g/mol. The van der Waals surface area contributed by atoms with Crippen molar-refractivity contribution in [2.24, 2.45) is 0 Å². The van der Waals surface area contributed by atoms with Crippen LogP contribution in [0.2, 0.25) is 5.02 Å². The fourth-order valence-corrected chi connectivity index (χ4v) is 2.21. The summed E-state index contributed by atoms with van der Waals surface area (Å²) in [6, 6.07) is 7.79. The van der Waals surface area contributed by atoms with Gasteiger partial charge in [0.25, 0.3) is 5.91 Å². The van der Waals surface area contributed by atoms with E-state index in [1.807, 2.05) is 13.8 Å². The van der Waals surface area contributed by atoms with E-state index in [1.165, 1.54) is 19.2 Å². The number of nitriles is 3. The van der Waals surface area contributed by atoms with E-state index < -0.39 is 5.91 Å². The van der Waals surface area contributed by atoms with Crippen LogP contribution in [-0.4, -0.2) is 31.1 Å². The van der Waals surface area contributed by atoms with E-state index in [0.717, 1.165) is 0 Å². The maximum absolute atomic E-state index is 12.4. The lowest BCUT2D eigenvalue weighted by Gasteiger charge is -2.20. The van der Waals surface area contributed by atoms with Crippen molar-refractivity contribution in [2.75, 3.05) is 25.5 Å². The number of carbonyl (C=O) groups excluding carboxylic acids is 1. The van der Waals surface area contributed by atoms with Gasteiger partial charge in [-0.15, -0.1) is 0 Å². The van der Waals surface area contributed by atoms with E-state index >= 15 is 0 Å². The number of benzene rings is 1. The third-order valence-electron chi connectivity index (χ3n) is 3.40. The number of amides is 1. The highest BCUT2D eigenvalue weighted by Crippen LogP contribution is 2.32. The van der Waals surface area contributed by atoms with Crippen molar-refractivity contribution in [3.05, 3.63) is 34.0 Å². The first-order valence-electron chi connectivity index (χ1n) is 7.60. The third kappa shape index (κ3) is 4.87. The molecule has 0 atom stereocenters. The molecule has 0 aliphatic carbocycles. The van der Waals surface area contributed by atoms with Crippen LogP contribution in [0.1, 0.15) is 24.2 Å². The van der Waals surface area contributed by atoms with Gasteiger partial charge in [-0.25, -0.2) is 5.01 Å². The van der Waals surface area contributed by atoms with Crippen molar-refractivity contribution >= 4 is 23.2 Å². The summed E-state index contributed by atoms with van der Waals surface area (Å²) in [7, 11) is 1.39. The lowest BCUT2D eigenvalue weighted by molar-refractivity contribution is 0.0802. The van der Waals surface area contributed by atoms with Gasteiger partial charge >= 0.3 is 0 Å². The molecule has 0 saturated heterocycles. The predicted octanol–water partition coefficient (Wildman–Crippen LogP) is 2.57. The maximum Gasteiger partial charge on any atom is 0.269 e. The molecule has 0 fully saturated rings. The topological polar surface area (TPSA) is 125 Å². The first kappa shape index (κ1) is 20.8. The third-order valence-corrected chi connectivity index (χ3v) is 3.71. The zero-order chi connectivity index (χ0) is 19.7. The van der Waals surface area contributed by atoms with E-state index in [9.17, 15) is 4.79 Å². The Kier molecular flexibility index (Phi) is 7.92. The van der Waals surface area contributed by atoms with Gasteiger partial charge in [0.2, 0.25) is 0 Å². The molecular weight excluding hydrogens is 356 g/mol. The number of hydrazine groups is 1. The van der Waals surface area contributed by atoms with Crippen LogP contribution in [0.3, 0.4) is 0 Å². The Morgan fingerprint density at radius 3 is 2.27 bits per heavy atom. The van der Waals surface area contributed by atoms with E-state index in [4.69, 9.17) is 32.1 Å². The van der Waals surface area contributed by atoms with Crippen LogP contribution in [0.4, 0.5) is 5.69 Å². The van der Waals surface area contributed by atoms with Crippen molar-refractivity contribution < 1.29 is 9.53 Å². The minimum Gasteiger partial charge on any atom is -0.496 e. The van der Waals surface area contributed by atoms with Gasteiger partial charge in [0, 0.05) is 19.2 Å². The van der Waals surface area contributed by atoms with E-state index in [1.54, 1.807) is 23.2 Å². The van der Waals surface area contributed by atoms with Crippen molar-refractivity contribution in [3.8, 4) is 24.0 Å². The molecule has 0 aromatic heterocycles. The normalized spacial score (nSPS) is 9.46. The second-order valence-electron chi connectivity index (χ2n) is 4.86. The summed E-state index contributed by atoms with van der Waals surface area (Å²) in [5, 5.41) is 31.3. The number of methoxy groups -OCH3 is 1. The Balaban J connectivity index is 3.29. The number of ether oxygens (including phenoxy) is 1. The van der Waals surface area contributed by atoms with Gasteiger partial charge in [-0.2, -0.15) is 15.8 Å². The Bertz CT molecular complexity index is 825. The summed E-state index contributed by atoms with van der Waals surface area (Å²) in [5.41, 5.74) is 2.53. The number of hydrogen-bond acceptors (Lipinski definition) is 7. The SMILES string of the molecule is CCN(CC)NC(=O)c1cc(Cl)c(NC(C#N)=C(C#N)C#N)cc1OC. The van der Waals surface area contributed by atoms with Gasteiger partial charge < -0.3 is 10.1 Å². The molecule has 1 aromatic carbocycles. The van der Waals surface area contributed by atoms with Gasteiger partial charge in [-0.05, 0) is 6.07 Å². The summed E-state index contributed by atoms with van der Waals surface area (Å²) in [6.07, 6.45) is 0. The molecule has 1 aromatic rings. The minimum atomic E-state index is -0.398. The van der Waals surface area contributed by atoms with Crippen LogP contribution in [0, 0.1) is 34.0 Å². The highest BCUT2D eigenvalue weighted by molar-refractivity contribution is 6.33. The number of halogens is 1. The van der Waals surface area contributed by atoms with Crippen molar-refractivity contribution in [1.29, 1.82) is 15.8 Å². The Labute approximate surface area is 156 Å². The number of nitrogens with one attached hydrogen (secondary N) is 2. The molecule has 0 bridgehead atoms. The fourth-order valence-electron chi connectivity index (χ4n) is 2.00. The second-order valence-corrected chi connectivity index (χ2v) is 5.26. The molecule has 134 valence electrons. The van der Waals surface area contributed by atoms with Crippen LogP contribution in [0.15, 0.2) is 23.4 Å². The monoisotopic (exact) mass is 372 g/mol. The first-order valence-corrected chi connectivity index (χ1v) is 7.98. The number of rotatable bonds is 7. The fraction of sp³-hybridized carbons (Fsp3) is 0.294. The smallest absolute Gasteiger partial charge is 0.269 e. The molecular formula is C17H17ClN6O2. The van der Waals surface area contributed by atoms with Gasteiger partial charge in [-0.1, -0.05) is 25.4 Å². The molecule has 0 aliphatic heterocycles. The Hall–Kier alpha value is -3.25. The van der Waals surface area contributed by atoms with E-state index in [-0.39, 0.29) is 33.3 Å². The van der Waals surface area contributed by atoms with Crippen molar-refractivity contribution in [1.82, 2.24) is 10.4 Å². The van der Waals surface area contributed by atoms with Crippen LogP contribution in [-0.2, 0) is 0 Å². The minimum absolute atomic E-state index is 0.124. The molecule has 0 unspecified atom stereocenters. The molecule has 9 heteroatoms. The van der Waals surface area contributed by atoms with Crippen molar-refractivity contribution in [2.45, 2.75) is 13.8 Å². The summed E-state index contributed by atoms with van der Waals surface area (Å²) < 4.78 is 5.23. The number of carbonyl (C=O) groups is 1. The zero-order valence-electron chi connectivity index (χ0n) is 14.6. The number of nitrogens with zero attached hydrogens (tertiary/aromatic N) is 4. The number of hydrogen-bond donors (Lipinski definition) is 2. The summed E-state index contributed by atoms with van der Waals surface area (Å²) in [4.78, 5) is 12.4. The zero-order valence-corrected chi connectivity index (χ0v) is 15.3. The quantitative estimate of drug-likeness (QED) is 0.556. The van der Waals surface area contributed by atoms with E-state index in [2.05, 4.69) is 10.7 Å². The molecule has 0 spiro atoms. The standard InChI is InChI=1S/C17H17ClN6O2/c1-4-24(5-2)23-17(25)12-6-13(18)14(7-16(12)26-3)22-15(10-21)11(8-19)9-20/h6-7,22H,4-5H2,1-3H3,(H,23,25). The Morgan fingerprint density at radius 1 is 1.19 bits per heavy atom. The molecule has 1 rings (SSSR count). The molecule has 0 aliphatic rings. The molecule has 8 nitrogen and oxygen atoms in total. The molecule has 1 amide bonds. The first-order chi connectivity index (χ1) is 12.4. The summed E-state index contributed by atoms with van der Waals surface area (Å²) >= 11 is 6.19. The summed E-state index contributed by atoms with van der Waals surface area (Å²) in [5.74, 6) is -0.181. The largest absolute Gasteiger partial charge is 0.496 e. The molecule has 0 radical (unpaired) electrons. The molecule has 26 heavy (non-hydrogen) atoms. The van der Waals surface area contributed by atoms with Crippen LogP contribution in [0.25, 0.3) is 0 Å². The molecule has 0 saturated carbocycles. The van der Waals surface area contributed by atoms with E-state index in [0.29, 0.717) is 13.1 Å². The number of allylic oxidation sites excluding steroid dienone is 2. The van der Waals surface area contributed by atoms with Crippen LogP contribution < -0.4 is 15.5 Å². The highest BCUT2D eigenvalue weighted by Gasteiger charge is 2.18. The van der Waals surface area contributed by atoms with Gasteiger partial charge in [0.1, 0.15) is 29.7 Å². The second kappa shape index (κ2) is 9.90. The van der Waals surface area contributed by atoms with Gasteiger partial charge in [0.05, 0.1) is 23.4 Å². The van der Waals surface area contributed by atoms with Gasteiger partial charge in [0.15, 0.2) is 5.57 Å². The van der Waals surface area contributed by atoms with Crippen LogP contribution >= 0.6 is 11.6 Å². The number of anilines is 1. The Morgan fingerprint density at radius 2 is 1.81 bits per heavy atom. The lowest BCUT2D eigenvalue weighted by Crippen LogP contribution is -2.41. The summed E-state index contributed by atoms with van der Waals surface area (Å²) in [6.45, 7) is 5.05. The lowest BCUT2D eigenvalue weighted by atomic mass is 10.1. The highest BCUT2D eigenvalue weighted by atomic mass is 35.5. The van der Waals surface area contributed by atoms with Crippen molar-refractivity contribution in [3.63, 3.8) is 0 Å². The van der Waals surface area contributed by atoms with Crippen LogP contribution in [0.5, 0.6) is 5.75 Å². The molecule has 2 N–H and O–H groups in total. The molecule has 0 heterocycles. The maximum atomic E-state index is 12.4. The predicted molar refractivity (Wildman–Crippen MR) is 95.9 cm³/mol. The van der Waals surface area contributed by atoms with Gasteiger partial charge in [-0.3, -0.25) is 10.2 Å². The average Bonchev–Trinajstić information content (AvgIpc) is 2.66.